The summed E-state index contributed by atoms with van der Waals surface area (Å²) < 4.78 is 0. The van der Waals surface area contributed by atoms with Gasteiger partial charge in [0.05, 0.1) is 5.54 Å². The Morgan fingerprint density at radius 2 is 2.00 bits per heavy atom. The number of carbonyl (C=O) groups excluding carboxylic acids is 1. The molecule has 0 aliphatic heterocycles. The summed E-state index contributed by atoms with van der Waals surface area (Å²) in [5.41, 5.74) is 5.25. The van der Waals surface area contributed by atoms with Gasteiger partial charge >= 0.3 is 0 Å². The summed E-state index contributed by atoms with van der Waals surface area (Å²) in [7, 11) is 0. The number of nitrogens with one attached hydrogen (secondary N) is 1. The van der Waals surface area contributed by atoms with Crippen molar-refractivity contribution in [2.75, 3.05) is 13.2 Å². The van der Waals surface area contributed by atoms with Crippen molar-refractivity contribution in [3.63, 3.8) is 0 Å². The first-order valence-electron chi connectivity index (χ1n) is 6.20. The van der Waals surface area contributed by atoms with Crippen LogP contribution in [0, 0.1) is 5.41 Å². The van der Waals surface area contributed by atoms with Crippen LogP contribution in [0.15, 0.2) is 0 Å². The van der Waals surface area contributed by atoms with E-state index in [4.69, 9.17) is 10.8 Å². The Labute approximate surface area is 97.6 Å². The van der Waals surface area contributed by atoms with Gasteiger partial charge in [-0.15, -0.1) is 0 Å². The van der Waals surface area contributed by atoms with Crippen LogP contribution in [0.25, 0.3) is 0 Å². The molecule has 1 amide bonds. The highest BCUT2D eigenvalue weighted by atomic mass is 16.3. The van der Waals surface area contributed by atoms with Crippen molar-refractivity contribution in [3.05, 3.63) is 0 Å². The Balaban J connectivity index is 2.46. The molecule has 4 N–H and O–H groups in total. The number of aliphatic hydroxyl groups excluding tert-OH is 1. The van der Waals surface area contributed by atoms with Crippen LogP contribution in [0.1, 0.15) is 46.0 Å². The molecule has 0 radical (unpaired) electrons. The number of rotatable bonds is 7. The summed E-state index contributed by atoms with van der Waals surface area (Å²) in [4.78, 5) is 11.7. The number of aliphatic hydroxyl groups is 1. The van der Waals surface area contributed by atoms with E-state index in [0.717, 1.165) is 32.1 Å². The molecule has 0 atom stereocenters. The van der Waals surface area contributed by atoms with Crippen molar-refractivity contribution in [1.82, 2.24) is 5.32 Å². The quantitative estimate of drug-likeness (QED) is 0.603. The second-order valence-corrected chi connectivity index (χ2v) is 5.02. The third-order valence-corrected chi connectivity index (χ3v) is 4.01. The van der Waals surface area contributed by atoms with E-state index in [9.17, 15) is 4.79 Å². The molecule has 94 valence electrons. The summed E-state index contributed by atoms with van der Waals surface area (Å²) in [5.74, 6) is -0.0308. The minimum absolute atomic E-state index is 0.0235. The molecule has 1 fully saturated rings. The van der Waals surface area contributed by atoms with E-state index in [1.807, 2.05) is 0 Å². The molecule has 0 spiro atoms. The average Bonchev–Trinajstić information content (AvgIpc) is 3.04. The molecular formula is C12H24N2O2. The lowest BCUT2D eigenvalue weighted by atomic mass is 9.79. The van der Waals surface area contributed by atoms with Crippen molar-refractivity contribution >= 4 is 5.91 Å². The van der Waals surface area contributed by atoms with E-state index in [0.29, 0.717) is 6.54 Å². The van der Waals surface area contributed by atoms with Crippen LogP contribution >= 0.6 is 0 Å². The van der Waals surface area contributed by atoms with Crippen molar-refractivity contribution in [2.45, 2.75) is 51.5 Å². The van der Waals surface area contributed by atoms with Gasteiger partial charge in [-0.05, 0) is 37.5 Å². The van der Waals surface area contributed by atoms with E-state index >= 15 is 0 Å². The van der Waals surface area contributed by atoms with Crippen LogP contribution < -0.4 is 11.1 Å². The molecule has 16 heavy (non-hydrogen) atoms. The third-order valence-electron chi connectivity index (χ3n) is 4.01. The average molecular weight is 228 g/mol. The van der Waals surface area contributed by atoms with Crippen molar-refractivity contribution in [2.24, 2.45) is 11.1 Å². The van der Waals surface area contributed by atoms with Gasteiger partial charge in [0.25, 0.3) is 0 Å². The maximum Gasteiger partial charge on any atom is 0.240 e. The molecule has 0 aromatic rings. The second-order valence-electron chi connectivity index (χ2n) is 5.02. The van der Waals surface area contributed by atoms with Crippen molar-refractivity contribution in [1.29, 1.82) is 0 Å². The molecule has 4 heteroatoms. The summed E-state index contributed by atoms with van der Waals surface area (Å²) in [6, 6.07) is 0. The van der Waals surface area contributed by atoms with E-state index in [1.54, 1.807) is 0 Å². The molecule has 0 aromatic carbocycles. The highest BCUT2D eigenvalue weighted by Gasteiger charge is 2.46. The van der Waals surface area contributed by atoms with Crippen LogP contribution in [-0.4, -0.2) is 29.7 Å². The normalized spacial score (nSPS) is 18.2. The zero-order valence-corrected chi connectivity index (χ0v) is 10.4. The Hall–Kier alpha value is -0.610. The van der Waals surface area contributed by atoms with Crippen LogP contribution in [0.4, 0.5) is 0 Å². The zero-order valence-electron chi connectivity index (χ0n) is 10.4. The van der Waals surface area contributed by atoms with Gasteiger partial charge in [-0.2, -0.15) is 0 Å². The first kappa shape index (κ1) is 13.5. The Morgan fingerprint density at radius 1 is 1.44 bits per heavy atom. The van der Waals surface area contributed by atoms with E-state index in [-0.39, 0.29) is 17.9 Å². The zero-order chi connectivity index (χ0) is 12.2. The number of hydrogen-bond acceptors (Lipinski definition) is 3. The summed E-state index contributed by atoms with van der Waals surface area (Å²) in [5, 5.41) is 12.0. The number of nitrogens with two attached hydrogens (primary N) is 1. The highest BCUT2D eigenvalue weighted by Crippen LogP contribution is 2.33. The molecule has 0 saturated heterocycles. The maximum absolute atomic E-state index is 11.7. The molecule has 1 rings (SSSR count). The summed E-state index contributed by atoms with van der Waals surface area (Å²) >= 11 is 0. The van der Waals surface area contributed by atoms with E-state index < -0.39 is 5.54 Å². The van der Waals surface area contributed by atoms with Gasteiger partial charge in [0.1, 0.15) is 0 Å². The minimum atomic E-state index is -0.591. The molecule has 0 unspecified atom stereocenters. The first-order chi connectivity index (χ1) is 7.52. The van der Waals surface area contributed by atoms with E-state index in [1.165, 1.54) is 0 Å². The van der Waals surface area contributed by atoms with Gasteiger partial charge < -0.3 is 16.2 Å². The highest BCUT2D eigenvalue weighted by molar-refractivity contribution is 5.88. The fourth-order valence-electron chi connectivity index (χ4n) is 1.98. The molecule has 0 aromatic heterocycles. The Bertz CT molecular complexity index is 245. The maximum atomic E-state index is 11.7. The fraction of sp³-hybridized carbons (Fsp3) is 0.917. The molecule has 0 bridgehead atoms. The second kappa shape index (κ2) is 5.15. The largest absolute Gasteiger partial charge is 0.396 e. The van der Waals surface area contributed by atoms with Crippen molar-refractivity contribution < 1.29 is 9.90 Å². The first-order valence-corrected chi connectivity index (χ1v) is 6.20. The Morgan fingerprint density at radius 3 is 2.38 bits per heavy atom. The predicted octanol–water partition coefficient (Wildman–Crippen LogP) is 0.783. The number of carbonyl (C=O) groups is 1. The van der Waals surface area contributed by atoms with Gasteiger partial charge in [-0.3, -0.25) is 4.79 Å². The molecule has 1 aliphatic rings. The van der Waals surface area contributed by atoms with Crippen LogP contribution in [-0.2, 0) is 4.79 Å². The lowest BCUT2D eigenvalue weighted by molar-refractivity contribution is -0.123. The molecule has 1 saturated carbocycles. The number of amides is 1. The van der Waals surface area contributed by atoms with Crippen LogP contribution in [0.2, 0.25) is 0 Å². The van der Waals surface area contributed by atoms with Crippen LogP contribution in [0.5, 0.6) is 0 Å². The smallest absolute Gasteiger partial charge is 0.240 e. The van der Waals surface area contributed by atoms with E-state index in [2.05, 4.69) is 19.2 Å². The van der Waals surface area contributed by atoms with Gasteiger partial charge in [0.15, 0.2) is 0 Å². The fourth-order valence-corrected chi connectivity index (χ4v) is 1.98. The lowest BCUT2D eigenvalue weighted by Crippen LogP contribution is -2.47. The molecular weight excluding hydrogens is 204 g/mol. The van der Waals surface area contributed by atoms with Crippen LogP contribution in [0.3, 0.4) is 0 Å². The molecule has 0 heterocycles. The Kier molecular flexibility index (Phi) is 4.33. The van der Waals surface area contributed by atoms with Gasteiger partial charge in [-0.25, -0.2) is 0 Å². The minimum Gasteiger partial charge on any atom is -0.396 e. The van der Waals surface area contributed by atoms with Gasteiger partial charge in [-0.1, -0.05) is 13.8 Å². The third kappa shape index (κ3) is 2.95. The standard InChI is InChI=1S/C12H24N2O2/c1-3-11(4-2,7-8-15)9-14-10(16)12(13)5-6-12/h15H,3-9,13H2,1-2H3,(H,14,16). The lowest BCUT2D eigenvalue weighted by Gasteiger charge is -2.31. The number of hydrogen-bond donors (Lipinski definition) is 3. The summed E-state index contributed by atoms with van der Waals surface area (Å²) in [6.07, 6.45) is 4.25. The van der Waals surface area contributed by atoms with Crippen molar-refractivity contribution in [3.8, 4) is 0 Å². The topological polar surface area (TPSA) is 75.3 Å². The van der Waals surface area contributed by atoms with Gasteiger partial charge in [0.2, 0.25) is 5.91 Å². The van der Waals surface area contributed by atoms with Gasteiger partial charge in [0, 0.05) is 13.2 Å². The molecule has 4 nitrogen and oxygen atoms in total. The summed E-state index contributed by atoms with van der Waals surface area (Å²) in [6.45, 7) is 4.99. The SMILES string of the molecule is CCC(CC)(CCO)CNC(=O)C1(N)CC1. The molecule has 1 aliphatic carbocycles. The monoisotopic (exact) mass is 228 g/mol. The predicted molar refractivity (Wildman–Crippen MR) is 63.9 cm³/mol.